The second-order valence-corrected chi connectivity index (χ2v) is 8.84. The second-order valence-electron chi connectivity index (χ2n) is 8.84. The number of aryl methyl sites for hydroxylation is 4. The molecule has 2 aliphatic rings. The van der Waals surface area contributed by atoms with Gasteiger partial charge in [0.15, 0.2) is 0 Å². The van der Waals surface area contributed by atoms with Gasteiger partial charge in [-0.3, -0.25) is 0 Å². The van der Waals surface area contributed by atoms with Crippen molar-refractivity contribution in [2.45, 2.75) is 38.5 Å². The van der Waals surface area contributed by atoms with Gasteiger partial charge in [-0.25, -0.2) is 0 Å². The van der Waals surface area contributed by atoms with Crippen LogP contribution in [0.2, 0.25) is 0 Å². The van der Waals surface area contributed by atoms with Gasteiger partial charge in [-0.15, -0.1) is 0 Å². The molecular formula is C30H26. The monoisotopic (exact) mass is 386 g/mol. The highest BCUT2D eigenvalue weighted by atomic mass is 14.2. The summed E-state index contributed by atoms with van der Waals surface area (Å²) in [5.41, 5.74) is 8.76. The summed E-state index contributed by atoms with van der Waals surface area (Å²) in [6, 6.07) is 23.1. The van der Waals surface area contributed by atoms with E-state index in [9.17, 15) is 0 Å². The van der Waals surface area contributed by atoms with E-state index in [1.807, 2.05) is 0 Å². The molecule has 0 unspecified atom stereocenters. The third-order valence-electron chi connectivity index (χ3n) is 6.81. The van der Waals surface area contributed by atoms with E-state index < -0.39 is 0 Å². The molecule has 0 heterocycles. The van der Waals surface area contributed by atoms with Gasteiger partial charge in [0.1, 0.15) is 0 Å². The Morgan fingerprint density at radius 2 is 0.867 bits per heavy atom. The predicted molar refractivity (Wildman–Crippen MR) is 130 cm³/mol. The molecule has 146 valence electrons. The van der Waals surface area contributed by atoms with Gasteiger partial charge in [0.05, 0.1) is 0 Å². The third-order valence-corrected chi connectivity index (χ3v) is 6.81. The first-order chi connectivity index (χ1) is 14.8. The first-order valence-electron chi connectivity index (χ1n) is 11.3. The predicted octanol–water partition coefficient (Wildman–Crippen LogP) is 7.70. The van der Waals surface area contributed by atoms with Crippen LogP contribution in [-0.4, -0.2) is 0 Å². The van der Waals surface area contributed by atoms with Gasteiger partial charge in [-0.1, -0.05) is 72.8 Å². The number of rotatable bonds is 5. The maximum absolute atomic E-state index is 2.38. The molecule has 0 N–H and O–H groups in total. The van der Waals surface area contributed by atoms with Crippen LogP contribution in [0.4, 0.5) is 0 Å². The average Bonchev–Trinajstić information content (AvgIpc) is 2.73. The molecule has 0 radical (unpaired) electrons. The Kier molecular flexibility index (Phi) is 4.30. The van der Waals surface area contributed by atoms with Crippen LogP contribution in [0, 0.1) is 0 Å². The van der Waals surface area contributed by atoms with Crippen molar-refractivity contribution < 1.29 is 0 Å². The van der Waals surface area contributed by atoms with Crippen molar-refractivity contribution in [3.05, 3.63) is 106 Å². The van der Waals surface area contributed by atoms with Crippen molar-refractivity contribution in [2.24, 2.45) is 0 Å². The van der Waals surface area contributed by atoms with E-state index in [0.29, 0.717) is 0 Å². The number of benzene rings is 4. The van der Waals surface area contributed by atoms with Gasteiger partial charge in [0, 0.05) is 0 Å². The van der Waals surface area contributed by atoms with Crippen LogP contribution in [0.25, 0.3) is 33.7 Å². The van der Waals surface area contributed by atoms with E-state index >= 15 is 0 Å². The molecule has 0 bridgehead atoms. The lowest BCUT2D eigenvalue weighted by molar-refractivity contribution is 0.844. The molecule has 30 heavy (non-hydrogen) atoms. The van der Waals surface area contributed by atoms with Gasteiger partial charge >= 0.3 is 0 Å². The fraction of sp³-hybridized carbons (Fsp3) is 0.200. The van der Waals surface area contributed by atoms with Crippen LogP contribution in [0.15, 0.2) is 72.8 Å². The van der Waals surface area contributed by atoms with E-state index in [4.69, 9.17) is 0 Å². The van der Waals surface area contributed by atoms with Crippen molar-refractivity contribution in [3.8, 4) is 0 Å². The largest absolute Gasteiger partial charge is 0.0836 e. The maximum atomic E-state index is 2.38. The molecular weight excluding hydrogens is 360 g/mol. The fourth-order valence-electron chi connectivity index (χ4n) is 4.78. The minimum absolute atomic E-state index is 1.07. The molecule has 0 saturated heterocycles. The average molecular weight is 387 g/mol. The summed E-state index contributed by atoms with van der Waals surface area (Å²) in [5.74, 6) is 0. The highest BCUT2D eigenvalue weighted by Gasteiger charge is 2.14. The molecule has 4 aromatic carbocycles. The molecule has 0 aromatic heterocycles. The molecule has 4 aromatic rings. The van der Waals surface area contributed by atoms with Gasteiger partial charge in [-0.2, -0.15) is 0 Å². The smallest absolute Gasteiger partial charge is 0.0175 e. The molecule has 2 aliphatic carbocycles. The molecule has 0 fully saturated rings. The Balaban J connectivity index is 1.09. The molecule has 0 spiro atoms. The molecule has 0 aliphatic heterocycles. The van der Waals surface area contributed by atoms with Crippen molar-refractivity contribution in [1.82, 2.24) is 0 Å². The lowest BCUT2D eigenvalue weighted by Crippen LogP contribution is -2.07. The first kappa shape index (κ1) is 17.7. The van der Waals surface area contributed by atoms with E-state index in [1.165, 1.54) is 80.6 Å². The zero-order chi connectivity index (χ0) is 19.9. The number of hydrogen-bond donors (Lipinski definition) is 0. The third kappa shape index (κ3) is 3.27. The Hall–Kier alpha value is -3.12. The molecule has 0 amide bonds. The van der Waals surface area contributed by atoms with Gasteiger partial charge in [0.25, 0.3) is 0 Å². The van der Waals surface area contributed by atoms with E-state index in [0.717, 1.165) is 12.8 Å². The minimum atomic E-state index is 1.07. The van der Waals surface area contributed by atoms with Crippen LogP contribution in [0.3, 0.4) is 0 Å². The lowest BCUT2D eigenvalue weighted by Gasteiger charge is -2.19. The van der Waals surface area contributed by atoms with Crippen molar-refractivity contribution in [3.63, 3.8) is 0 Å². The van der Waals surface area contributed by atoms with Crippen LogP contribution >= 0.6 is 0 Å². The summed E-state index contributed by atoms with van der Waals surface area (Å²) in [5, 5.41) is 5.50. The first-order valence-corrected chi connectivity index (χ1v) is 11.3. The molecule has 0 nitrogen and oxygen atoms in total. The summed E-state index contributed by atoms with van der Waals surface area (Å²) in [6.45, 7) is 0. The maximum Gasteiger partial charge on any atom is -0.0175 e. The van der Waals surface area contributed by atoms with Crippen molar-refractivity contribution in [2.75, 3.05) is 0 Å². The summed E-state index contributed by atoms with van der Waals surface area (Å²) in [7, 11) is 0. The summed E-state index contributed by atoms with van der Waals surface area (Å²) in [6.07, 6.45) is 16.3. The Labute approximate surface area is 178 Å². The zero-order valence-electron chi connectivity index (χ0n) is 17.3. The number of hydrogen-bond acceptors (Lipinski definition) is 0. The highest BCUT2D eigenvalue weighted by molar-refractivity contribution is 5.87. The van der Waals surface area contributed by atoms with Crippen LogP contribution in [-0.2, 0) is 25.7 Å². The van der Waals surface area contributed by atoms with Crippen LogP contribution in [0.5, 0.6) is 0 Å². The standard InChI is InChI=1S/C30H26/c1(3-5-21-7-9-27-17-23-11-13-25(23)19-29(27)15-21)2-4-6-22-8-10-28-18-24-12-14-26(24)20-30(28)16-22/h3-10,15-20H,1-2,11-14H2. The van der Waals surface area contributed by atoms with E-state index in [-0.39, 0.29) is 0 Å². The lowest BCUT2D eigenvalue weighted by atomic mass is 9.86. The van der Waals surface area contributed by atoms with Crippen molar-refractivity contribution in [1.29, 1.82) is 0 Å². The quantitative estimate of drug-likeness (QED) is 0.308. The Morgan fingerprint density at radius 1 is 0.467 bits per heavy atom. The minimum Gasteiger partial charge on any atom is -0.0836 e. The van der Waals surface area contributed by atoms with E-state index in [1.54, 1.807) is 0 Å². The molecule has 0 atom stereocenters. The number of unbranched alkanes of at least 4 members (excludes halogenated alkanes) is 1. The summed E-state index contributed by atoms with van der Waals surface area (Å²) >= 11 is 0. The highest BCUT2D eigenvalue weighted by Crippen LogP contribution is 2.30. The van der Waals surface area contributed by atoms with E-state index in [2.05, 4.69) is 85.0 Å². The van der Waals surface area contributed by atoms with Crippen molar-refractivity contribution >= 4 is 33.7 Å². The topological polar surface area (TPSA) is 0 Å². The molecule has 0 saturated carbocycles. The van der Waals surface area contributed by atoms with Gasteiger partial charge in [-0.05, 0) is 106 Å². The SMILES string of the molecule is C(=Cc1ccc2cc3c(cc2c1)CC3)CCC=Cc1ccc2cc3c(cc2c1)CC3. The Bertz CT molecular complexity index is 1230. The summed E-state index contributed by atoms with van der Waals surface area (Å²) in [4.78, 5) is 0. The van der Waals surface area contributed by atoms with Gasteiger partial charge in [0.2, 0.25) is 0 Å². The van der Waals surface area contributed by atoms with Crippen LogP contribution < -0.4 is 0 Å². The summed E-state index contributed by atoms with van der Waals surface area (Å²) < 4.78 is 0. The fourth-order valence-corrected chi connectivity index (χ4v) is 4.78. The number of allylic oxidation sites excluding steroid dienone is 2. The second kappa shape index (κ2) is 7.29. The van der Waals surface area contributed by atoms with Gasteiger partial charge < -0.3 is 0 Å². The molecule has 0 heteroatoms. The number of fused-ring (bicyclic) bond motifs is 4. The van der Waals surface area contributed by atoms with Crippen LogP contribution in [0.1, 0.15) is 46.2 Å². The Morgan fingerprint density at radius 3 is 1.27 bits per heavy atom. The normalized spacial score (nSPS) is 14.8. The zero-order valence-corrected chi connectivity index (χ0v) is 17.3. The molecule has 6 rings (SSSR count).